The predicted molar refractivity (Wildman–Crippen MR) is 69.4 cm³/mol. The van der Waals surface area contributed by atoms with Crippen LogP contribution >= 0.6 is 0 Å². The lowest BCUT2D eigenvalue weighted by Crippen LogP contribution is -2.42. The maximum Gasteiger partial charge on any atom is 0.236 e. The van der Waals surface area contributed by atoms with Crippen LogP contribution in [0.25, 0.3) is 0 Å². The van der Waals surface area contributed by atoms with Crippen molar-refractivity contribution in [2.45, 2.75) is 39.7 Å². The molecule has 0 radical (unpaired) electrons. The summed E-state index contributed by atoms with van der Waals surface area (Å²) in [6, 6.07) is -0.746. The molecule has 0 heterocycles. The van der Waals surface area contributed by atoms with Gasteiger partial charge in [0.1, 0.15) is 9.84 Å². The zero-order valence-corrected chi connectivity index (χ0v) is 11.9. The number of hydrogen-bond acceptors (Lipinski definition) is 4. The summed E-state index contributed by atoms with van der Waals surface area (Å²) in [6.07, 6.45) is 2.16. The van der Waals surface area contributed by atoms with E-state index in [0.717, 1.165) is 12.7 Å². The van der Waals surface area contributed by atoms with Crippen LogP contribution in [-0.4, -0.2) is 38.9 Å². The molecule has 0 spiro atoms. The molecule has 0 aromatic rings. The van der Waals surface area contributed by atoms with Crippen molar-refractivity contribution in [3.8, 4) is 0 Å². The van der Waals surface area contributed by atoms with Crippen molar-refractivity contribution in [2.75, 3.05) is 18.6 Å². The third kappa shape index (κ3) is 10.3. The van der Waals surface area contributed by atoms with E-state index in [4.69, 9.17) is 5.73 Å². The van der Waals surface area contributed by atoms with Crippen molar-refractivity contribution in [1.29, 1.82) is 0 Å². The minimum Gasteiger partial charge on any atom is -0.355 e. The highest BCUT2D eigenvalue weighted by Gasteiger charge is 2.16. The zero-order valence-electron chi connectivity index (χ0n) is 11.1. The summed E-state index contributed by atoms with van der Waals surface area (Å²) in [6.45, 7) is 6.82. The lowest BCUT2D eigenvalue weighted by Gasteiger charge is -2.19. The number of nitrogens with one attached hydrogen (secondary N) is 1. The van der Waals surface area contributed by atoms with Gasteiger partial charge in [-0.2, -0.15) is 0 Å². The predicted octanol–water partition coefficient (Wildman–Crippen LogP) is 0.301. The normalized spacial score (nSPS) is 14.4. The smallest absolute Gasteiger partial charge is 0.236 e. The van der Waals surface area contributed by atoms with Crippen LogP contribution in [0, 0.1) is 5.41 Å². The van der Waals surface area contributed by atoms with Crippen molar-refractivity contribution in [1.82, 2.24) is 5.32 Å². The molecule has 0 saturated carbocycles. The Kier molecular flexibility index (Phi) is 6.12. The van der Waals surface area contributed by atoms with Gasteiger partial charge in [0, 0.05) is 12.8 Å². The molecular formula is C11H24N2O3S. The Morgan fingerprint density at radius 2 is 1.88 bits per heavy atom. The van der Waals surface area contributed by atoms with Crippen molar-refractivity contribution in [3.63, 3.8) is 0 Å². The second kappa shape index (κ2) is 6.35. The summed E-state index contributed by atoms with van der Waals surface area (Å²) in [7, 11) is -3.06. The maximum atomic E-state index is 11.5. The molecule has 0 fully saturated rings. The average Bonchev–Trinajstić information content (AvgIpc) is 2.10. The van der Waals surface area contributed by atoms with Crippen LogP contribution in [0.3, 0.4) is 0 Å². The number of carbonyl (C=O) groups is 1. The summed E-state index contributed by atoms with van der Waals surface area (Å²) in [4.78, 5) is 11.5. The first-order valence-electron chi connectivity index (χ1n) is 5.72. The molecule has 0 aromatic carbocycles. The number of carbonyl (C=O) groups excluding carboxylic acids is 1. The van der Waals surface area contributed by atoms with Crippen molar-refractivity contribution in [3.05, 3.63) is 0 Å². The van der Waals surface area contributed by atoms with E-state index < -0.39 is 15.9 Å². The van der Waals surface area contributed by atoms with Gasteiger partial charge in [0.25, 0.3) is 0 Å². The van der Waals surface area contributed by atoms with Crippen molar-refractivity contribution < 1.29 is 13.2 Å². The van der Waals surface area contributed by atoms with E-state index >= 15 is 0 Å². The molecule has 6 heteroatoms. The van der Waals surface area contributed by atoms with Crippen LogP contribution in [-0.2, 0) is 14.6 Å². The Morgan fingerprint density at radius 1 is 1.35 bits per heavy atom. The van der Waals surface area contributed by atoms with Gasteiger partial charge in [-0.3, -0.25) is 4.79 Å². The molecule has 3 N–H and O–H groups in total. The maximum absolute atomic E-state index is 11.5. The number of nitrogens with two attached hydrogens (primary N) is 1. The summed E-state index contributed by atoms with van der Waals surface area (Å²) in [5.74, 6) is -0.334. The highest BCUT2D eigenvalue weighted by Crippen LogP contribution is 2.16. The van der Waals surface area contributed by atoms with Gasteiger partial charge in [0.2, 0.25) is 5.91 Å². The number of hydrogen-bond donors (Lipinski definition) is 2. The van der Waals surface area contributed by atoms with E-state index in [9.17, 15) is 13.2 Å². The lowest BCUT2D eigenvalue weighted by atomic mass is 9.92. The van der Waals surface area contributed by atoms with Crippen molar-refractivity contribution >= 4 is 15.7 Å². The fourth-order valence-electron chi connectivity index (χ4n) is 1.16. The molecular weight excluding hydrogens is 240 g/mol. The summed E-state index contributed by atoms with van der Waals surface area (Å²) >= 11 is 0. The van der Waals surface area contributed by atoms with Crippen LogP contribution in [0.5, 0.6) is 0 Å². The fourth-order valence-corrected chi connectivity index (χ4v) is 1.85. The minimum atomic E-state index is -3.06. The Labute approximate surface area is 104 Å². The van der Waals surface area contributed by atoms with Gasteiger partial charge in [-0.25, -0.2) is 8.42 Å². The van der Waals surface area contributed by atoms with Gasteiger partial charge in [-0.05, 0) is 18.3 Å². The molecule has 0 rings (SSSR count). The summed E-state index contributed by atoms with van der Waals surface area (Å²) < 4.78 is 21.8. The Morgan fingerprint density at radius 3 is 2.29 bits per heavy atom. The number of sulfone groups is 1. The molecule has 0 aliphatic carbocycles. The molecule has 17 heavy (non-hydrogen) atoms. The Bertz CT molecular complexity index is 344. The van der Waals surface area contributed by atoms with Crippen molar-refractivity contribution in [2.24, 2.45) is 11.1 Å². The second-order valence-corrected chi connectivity index (χ2v) is 7.89. The first kappa shape index (κ1) is 16.4. The fraction of sp³-hybridized carbons (Fsp3) is 0.909. The third-order valence-electron chi connectivity index (χ3n) is 2.31. The Balaban J connectivity index is 3.91. The first-order valence-corrected chi connectivity index (χ1v) is 7.78. The van der Waals surface area contributed by atoms with Gasteiger partial charge >= 0.3 is 0 Å². The van der Waals surface area contributed by atoms with E-state index in [-0.39, 0.29) is 23.5 Å². The van der Waals surface area contributed by atoms with Gasteiger partial charge in [0.15, 0.2) is 0 Å². The highest BCUT2D eigenvalue weighted by atomic mass is 32.2. The zero-order chi connectivity index (χ0) is 13.7. The molecule has 102 valence electrons. The molecule has 0 aliphatic rings. The monoisotopic (exact) mass is 264 g/mol. The van der Waals surface area contributed by atoms with Gasteiger partial charge in [0.05, 0.1) is 11.8 Å². The van der Waals surface area contributed by atoms with Gasteiger partial charge in [-0.1, -0.05) is 20.8 Å². The molecule has 0 bridgehead atoms. The SMILES string of the molecule is CC(C)(C)CCNC(=O)C(N)CCS(C)(=O)=O. The Hall–Kier alpha value is -0.620. The standard InChI is InChI=1S/C11H24N2O3S/c1-11(2,3)6-7-13-10(14)9(12)5-8-17(4,15)16/h9H,5-8,12H2,1-4H3,(H,13,14). The van der Waals surface area contributed by atoms with Crippen LogP contribution < -0.4 is 11.1 Å². The van der Waals surface area contributed by atoms with E-state index in [1.165, 1.54) is 0 Å². The first-order chi connectivity index (χ1) is 7.51. The third-order valence-corrected chi connectivity index (χ3v) is 3.29. The number of amides is 1. The van der Waals surface area contributed by atoms with Crippen LogP contribution in [0.15, 0.2) is 0 Å². The minimum absolute atomic E-state index is 0.0547. The molecule has 1 amide bonds. The van der Waals surface area contributed by atoms with E-state index in [1.807, 2.05) is 0 Å². The molecule has 0 aromatic heterocycles. The van der Waals surface area contributed by atoms with E-state index in [2.05, 4.69) is 26.1 Å². The van der Waals surface area contributed by atoms with Crippen LogP contribution in [0.4, 0.5) is 0 Å². The lowest BCUT2D eigenvalue weighted by molar-refractivity contribution is -0.122. The molecule has 1 unspecified atom stereocenters. The second-order valence-electron chi connectivity index (χ2n) is 5.63. The van der Waals surface area contributed by atoms with E-state index in [1.54, 1.807) is 0 Å². The highest BCUT2D eigenvalue weighted by molar-refractivity contribution is 7.90. The van der Waals surface area contributed by atoms with Crippen LogP contribution in [0.1, 0.15) is 33.6 Å². The topological polar surface area (TPSA) is 89.3 Å². The van der Waals surface area contributed by atoms with Crippen LogP contribution in [0.2, 0.25) is 0 Å². The largest absolute Gasteiger partial charge is 0.355 e. The molecule has 0 saturated heterocycles. The molecule has 1 atom stereocenters. The van der Waals surface area contributed by atoms with Gasteiger partial charge in [-0.15, -0.1) is 0 Å². The molecule has 5 nitrogen and oxygen atoms in total. The van der Waals surface area contributed by atoms with E-state index in [0.29, 0.717) is 6.54 Å². The average molecular weight is 264 g/mol. The quantitative estimate of drug-likeness (QED) is 0.722. The number of rotatable bonds is 6. The molecule has 0 aliphatic heterocycles. The van der Waals surface area contributed by atoms with Gasteiger partial charge < -0.3 is 11.1 Å². The summed E-state index contributed by atoms with van der Waals surface area (Å²) in [5, 5.41) is 2.72. The summed E-state index contributed by atoms with van der Waals surface area (Å²) in [5.41, 5.74) is 5.75.